The van der Waals surface area contributed by atoms with Crippen LogP contribution in [0.1, 0.15) is 28.8 Å². The second-order valence-electron chi connectivity index (χ2n) is 3.59. The van der Waals surface area contributed by atoms with Crippen molar-refractivity contribution < 1.29 is 9.18 Å². The van der Waals surface area contributed by atoms with Gasteiger partial charge in [0.05, 0.1) is 5.56 Å². The lowest BCUT2D eigenvalue weighted by Crippen LogP contribution is -2.25. The van der Waals surface area contributed by atoms with E-state index in [1.807, 2.05) is 0 Å². The number of hydrogen-bond acceptors (Lipinski definition) is 1. The molecule has 1 N–H and O–H groups in total. The van der Waals surface area contributed by atoms with E-state index in [9.17, 15) is 9.18 Å². The van der Waals surface area contributed by atoms with E-state index < -0.39 is 5.82 Å². The summed E-state index contributed by atoms with van der Waals surface area (Å²) in [6, 6.07) is 4.34. The van der Waals surface area contributed by atoms with Gasteiger partial charge in [-0.15, -0.1) is 6.42 Å². The van der Waals surface area contributed by atoms with Gasteiger partial charge in [0.15, 0.2) is 0 Å². The van der Waals surface area contributed by atoms with Gasteiger partial charge in [-0.25, -0.2) is 4.39 Å². The normalized spacial score (nSPS) is 14.4. The van der Waals surface area contributed by atoms with Gasteiger partial charge in [0, 0.05) is 11.6 Å². The van der Waals surface area contributed by atoms with Crippen molar-refractivity contribution in [3.05, 3.63) is 35.1 Å². The minimum atomic E-state index is -0.472. The van der Waals surface area contributed by atoms with Gasteiger partial charge in [-0.05, 0) is 31.0 Å². The number of carbonyl (C=O) groups excluding carboxylic acids is 1. The average Bonchev–Trinajstić information content (AvgIpc) is 3.02. The van der Waals surface area contributed by atoms with Crippen LogP contribution in [0.4, 0.5) is 4.39 Å². The van der Waals surface area contributed by atoms with Crippen LogP contribution in [0.2, 0.25) is 0 Å². The number of amides is 1. The van der Waals surface area contributed by atoms with Gasteiger partial charge in [0.25, 0.3) is 5.91 Å². The third-order valence-corrected chi connectivity index (χ3v) is 2.30. The molecule has 0 aliphatic heterocycles. The third kappa shape index (κ3) is 2.16. The summed E-state index contributed by atoms with van der Waals surface area (Å²) in [7, 11) is 0. The lowest BCUT2D eigenvalue weighted by molar-refractivity contribution is 0.0951. The zero-order valence-electron chi connectivity index (χ0n) is 8.09. The predicted octanol–water partition coefficient (Wildman–Crippen LogP) is 1.70. The Balaban J connectivity index is 2.20. The fourth-order valence-corrected chi connectivity index (χ4v) is 1.27. The minimum Gasteiger partial charge on any atom is -0.349 e. The molecule has 0 heterocycles. The first-order valence-electron chi connectivity index (χ1n) is 4.77. The van der Waals surface area contributed by atoms with Crippen molar-refractivity contribution in [2.75, 3.05) is 0 Å². The minimum absolute atomic E-state index is 0.124. The number of terminal acetylenes is 1. The summed E-state index contributed by atoms with van der Waals surface area (Å²) in [5.41, 5.74) is 0.537. The molecule has 2 nitrogen and oxygen atoms in total. The third-order valence-electron chi connectivity index (χ3n) is 2.30. The number of carbonyl (C=O) groups is 1. The van der Waals surface area contributed by atoms with Gasteiger partial charge in [0.1, 0.15) is 5.82 Å². The van der Waals surface area contributed by atoms with E-state index in [-0.39, 0.29) is 17.5 Å². The summed E-state index contributed by atoms with van der Waals surface area (Å²) in [6.45, 7) is 0. The zero-order valence-corrected chi connectivity index (χ0v) is 8.09. The fourth-order valence-electron chi connectivity index (χ4n) is 1.27. The van der Waals surface area contributed by atoms with Crippen LogP contribution in [0.3, 0.4) is 0 Å². The van der Waals surface area contributed by atoms with Crippen LogP contribution < -0.4 is 5.32 Å². The molecule has 1 aromatic rings. The molecule has 15 heavy (non-hydrogen) atoms. The van der Waals surface area contributed by atoms with E-state index in [0.29, 0.717) is 5.56 Å². The Morgan fingerprint density at radius 1 is 1.53 bits per heavy atom. The maximum absolute atomic E-state index is 13.0. The smallest absolute Gasteiger partial charge is 0.251 e. The standard InChI is InChI=1S/C12H10FNO/c1-2-8-7-9(3-6-11(8)13)12(15)14-10-4-5-10/h1,3,6-7,10H,4-5H2,(H,14,15). The molecule has 0 saturated heterocycles. The molecule has 1 fully saturated rings. The summed E-state index contributed by atoms with van der Waals surface area (Å²) in [4.78, 5) is 11.6. The number of nitrogens with one attached hydrogen (secondary N) is 1. The molecule has 2 rings (SSSR count). The molecule has 3 heteroatoms. The largest absolute Gasteiger partial charge is 0.349 e. The molecule has 1 aliphatic rings. The van der Waals surface area contributed by atoms with Gasteiger partial charge in [0.2, 0.25) is 0 Å². The molecule has 0 spiro atoms. The maximum Gasteiger partial charge on any atom is 0.251 e. The molecule has 1 aromatic carbocycles. The quantitative estimate of drug-likeness (QED) is 0.728. The summed E-state index contributed by atoms with van der Waals surface area (Å²) < 4.78 is 13.0. The van der Waals surface area contributed by atoms with Crippen molar-refractivity contribution in [1.29, 1.82) is 0 Å². The average molecular weight is 203 g/mol. The van der Waals surface area contributed by atoms with Gasteiger partial charge in [-0.2, -0.15) is 0 Å². The van der Waals surface area contributed by atoms with Gasteiger partial charge in [-0.1, -0.05) is 5.92 Å². The monoisotopic (exact) mass is 203 g/mol. The van der Waals surface area contributed by atoms with E-state index in [2.05, 4.69) is 11.2 Å². The van der Waals surface area contributed by atoms with E-state index in [4.69, 9.17) is 6.42 Å². The van der Waals surface area contributed by atoms with Crippen LogP contribution in [0.15, 0.2) is 18.2 Å². The van der Waals surface area contributed by atoms with E-state index in [0.717, 1.165) is 12.8 Å². The highest BCUT2D eigenvalue weighted by atomic mass is 19.1. The molecule has 0 atom stereocenters. The van der Waals surface area contributed by atoms with E-state index >= 15 is 0 Å². The van der Waals surface area contributed by atoms with Crippen molar-refractivity contribution >= 4 is 5.91 Å². The molecule has 0 unspecified atom stereocenters. The van der Waals surface area contributed by atoms with Crippen LogP contribution >= 0.6 is 0 Å². The summed E-state index contributed by atoms with van der Waals surface area (Å²) >= 11 is 0. The lowest BCUT2D eigenvalue weighted by Gasteiger charge is -2.03. The Kier molecular flexibility index (Phi) is 2.42. The second kappa shape index (κ2) is 3.74. The van der Waals surface area contributed by atoms with Crippen LogP contribution in [0.5, 0.6) is 0 Å². The van der Waals surface area contributed by atoms with Gasteiger partial charge < -0.3 is 5.32 Å². The Hall–Kier alpha value is -1.82. The molecule has 76 valence electrons. The molecule has 0 radical (unpaired) electrons. The number of rotatable bonds is 2. The molecule has 1 saturated carbocycles. The number of hydrogen-bond donors (Lipinski definition) is 1. The van der Waals surface area contributed by atoms with Crippen LogP contribution in [0, 0.1) is 18.2 Å². The van der Waals surface area contributed by atoms with E-state index in [1.54, 1.807) is 0 Å². The zero-order chi connectivity index (χ0) is 10.8. The Morgan fingerprint density at radius 2 is 2.27 bits per heavy atom. The number of halogens is 1. The Labute approximate surface area is 87.5 Å². The highest BCUT2D eigenvalue weighted by molar-refractivity contribution is 5.94. The molecule has 1 aliphatic carbocycles. The van der Waals surface area contributed by atoms with Crippen LogP contribution in [0.25, 0.3) is 0 Å². The van der Waals surface area contributed by atoms with Crippen molar-refractivity contribution in [3.63, 3.8) is 0 Å². The highest BCUT2D eigenvalue weighted by Crippen LogP contribution is 2.19. The van der Waals surface area contributed by atoms with Crippen molar-refractivity contribution in [3.8, 4) is 12.3 Å². The first-order valence-corrected chi connectivity index (χ1v) is 4.77. The molecule has 1 amide bonds. The molecule has 0 bridgehead atoms. The molecular formula is C12H10FNO. The second-order valence-corrected chi connectivity index (χ2v) is 3.59. The first-order chi connectivity index (χ1) is 7.20. The fraction of sp³-hybridized carbons (Fsp3) is 0.250. The number of benzene rings is 1. The first kappa shape index (κ1) is 9.72. The van der Waals surface area contributed by atoms with Crippen LogP contribution in [-0.4, -0.2) is 11.9 Å². The van der Waals surface area contributed by atoms with Crippen molar-refractivity contribution in [2.24, 2.45) is 0 Å². The predicted molar refractivity (Wildman–Crippen MR) is 54.8 cm³/mol. The summed E-state index contributed by atoms with van der Waals surface area (Å²) in [6.07, 6.45) is 7.16. The Bertz CT molecular complexity index is 443. The van der Waals surface area contributed by atoms with Crippen LogP contribution in [-0.2, 0) is 0 Å². The summed E-state index contributed by atoms with van der Waals surface area (Å²) in [5, 5.41) is 2.81. The Morgan fingerprint density at radius 3 is 2.87 bits per heavy atom. The van der Waals surface area contributed by atoms with E-state index in [1.165, 1.54) is 18.2 Å². The SMILES string of the molecule is C#Cc1cc(C(=O)NC2CC2)ccc1F. The lowest BCUT2D eigenvalue weighted by atomic mass is 10.1. The van der Waals surface area contributed by atoms with Crippen molar-refractivity contribution in [2.45, 2.75) is 18.9 Å². The highest BCUT2D eigenvalue weighted by Gasteiger charge is 2.23. The molecular weight excluding hydrogens is 193 g/mol. The van der Waals surface area contributed by atoms with Gasteiger partial charge in [-0.3, -0.25) is 4.79 Å². The maximum atomic E-state index is 13.0. The van der Waals surface area contributed by atoms with Crippen molar-refractivity contribution in [1.82, 2.24) is 5.32 Å². The summed E-state index contributed by atoms with van der Waals surface area (Å²) in [5.74, 6) is 1.55. The van der Waals surface area contributed by atoms with Gasteiger partial charge >= 0.3 is 0 Å². The molecule has 0 aromatic heterocycles. The topological polar surface area (TPSA) is 29.1 Å².